The quantitative estimate of drug-likeness (QED) is 0.556. The molecule has 0 radical (unpaired) electrons. The minimum absolute atomic E-state index is 0.555. The fourth-order valence-corrected chi connectivity index (χ4v) is 1.36. The number of nitrogens with two attached hydrogens (primary N) is 1. The molecular weight excluding hydrogens is 180 g/mol. The van der Waals surface area contributed by atoms with Gasteiger partial charge in [-0.25, -0.2) is 0 Å². The van der Waals surface area contributed by atoms with E-state index in [2.05, 4.69) is 5.43 Å². The van der Waals surface area contributed by atoms with E-state index in [0.717, 1.165) is 22.6 Å². The van der Waals surface area contributed by atoms with E-state index in [0.29, 0.717) is 6.54 Å². The molecule has 4 nitrogen and oxygen atoms in total. The van der Waals surface area contributed by atoms with Gasteiger partial charge < -0.3 is 9.47 Å². The van der Waals surface area contributed by atoms with Gasteiger partial charge in [0.1, 0.15) is 11.5 Å². The summed E-state index contributed by atoms with van der Waals surface area (Å²) in [6.07, 6.45) is 0. The Labute approximate surface area is 84.0 Å². The molecule has 0 aromatic heterocycles. The number of benzene rings is 1. The first-order chi connectivity index (χ1) is 6.72. The molecule has 0 aliphatic rings. The van der Waals surface area contributed by atoms with E-state index in [1.807, 2.05) is 19.1 Å². The van der Waals surface area contributed by atoms with Crippen molar-refractivity contribution in [3.8, 4) is 11.5 Å². The van der Waals surface area contributed by atoms with Crippen LogP contribution in [0.5, 0.6) is 11.5 Å². The Kier molecular flexibility index (Phi) is 3.73. The zero-order chi connectivity index (χ0) is 10.6. The Hall–Kier alpha value is -1.26. The van der Waals surface area contributed by atoms with E-state index in [1.165, 1.54) is 0 Å². The molecule has 4 heteroatoms. The minimum atomic E-state index is 0.555. The summed E-state index contributed by atoms with van der Waals surface area (Å²) < 4.78 is 10.4. The van der Waals surface area contributed by atoms with Crippen molar-refractivity contribution in [1.29, 1.82) is 0 Å². The van der Waals surface area contributed by atoms with Gasteiger partial charge in [0.2, 0.25) is 0 Å². The highest BCUT2D eigenvalue weighted by atomic mass is 16.5. The van der Waals surface area contributed by atoms with Crippen LogP contribution in [0.1, 0.15) is 11.1 Å². The lowest BCUT2D eigenvalue weighted by Crippen LogP contribution is -2.21. The van der Waals surface area contributed by atoms with Crippen molar-refractivity contribution in [1.82, 2.24) is 5.43 Å². The van der Waals surface area contributed by atoms with E-state index < -0.39 is 0 Å². The highest BCUT2D eigenvalue weighted by molar-refractivity contribution is 5.45. The van der Waals surface area contributed by atoms with Crippen LogP contribution in [0.15, 0.2) is 12.1 Å². The Morgan fingerprint density at radius 2 is 1.86 bits per heavy atom. The van der Waals surface area contributed by atoms with Gasteiger partial charge in [0.05, 0.1) is 14.2 Å². The number of ether oxygens (including phenoxy) is 2. The maximum Gasteiger partial charge on any atom is 0.123 e. The first kappa shape index (κ1) is 10.8. The number of aryl methyl sites for hydroxylation is 1. The molecular formula is C10H16N2O2. The van der Waals surface area contributed by atoms with Gasteiger partial charge in [-0.2, -0.15) is 0 Å². The maximum atomic E-state index is 5.27. The highest BCUT2D eigenvalue weighted by Crippen LogP contribution is 2.27. The maximum absolute atomic E-state index is 5.27. The molecule has 1 rings (SSSR count). The lowest BCUT2D eigenvalue weighted by Gasteiger charge is -2.12. The van der Waals surface area contributed by atoms with E-state index >= 15 is 0 Å². The molecule has 0 spiro atoms. The van der Waals surface area contributed by atoms with E-state index in [1.54, 1.807) is 14.2 Å². The third-order valence-corrected chi connectivity index (χ3v) is 2.09. The molecule has 3 N–H and O–H groups in total. The van der Waals surface area contributed by atoms with Crippen molar-refractivity contribution in [2.75, 3.05) is 14.2 Å². The normalized spacial score (nSPS) is 10.0. The molecule has 0 aliphatic carbocycles. The van der Waals surface area contributed by atoms with Gasteiger partial charge >= 0.3 is 0 Å². The Balaban J connectivity index is 3.11. The molecule has 1 aromatic carbocycles. The second-order valence-electron chi connectivity index (χ2n) is 3.01. The minimum Gasteiger partial charge on any atom is -0.496 e. The number of methoxy groups -OCH3 is 2. The van der Waals surface area contributed by atoms with Crippen LogP contribution in [0.2, 0.25) is 0 Å². The molecule has 14 heavy (non-hydrogen) atoms. The van der Waals surface area contributed by atoms with Crippen LogP contribution in [0, 0.1) is 6.92 Å². The first-order valence-electron chi connectivity index (χ1n) is 4.38. The molecule has 0 atom stereocenters. The molecule has 0 saturated heterocycles. The van der Waals surface area contributed by atoms with Crippen molar-refractivity contribution in [3.63, 3.8) is 0 Å². The molecule has 78 valence electrons. The van der Waals surface area contributed by atoms with Crippen molar-refractivity contribution >= 4 is 0 Å². The summed E-state index contributed by atoms with van der Waals surface area (Å²) in [6.45, 7) is 2.53. The molecule has 0 amide bonds. The van der Waals surface area contributed by atoms with E-state index in [-0.39, 0.29) is 0 Å². The van der Waals surface area contributed by atoms with Gasteiger partial charge in [0.15, 0.2) is 0 Å². The number of hydrogen-bond acceptors (Lipinski definition) is 4. The van der Waals surface area contributed by atoms with Gasteiger partial charge in [-0.15, -0.1) is 0 Å². The summed E-state index contributed by atoms with van der Waals surface area (Å²) in [4.78, 5) is 0. The van der Waals surface area contributed by atoms with Crippen molar-refractivity contribution in [2.24, 2.45) is 5.84 Å². The smallest absolute Gasteiger partial charge is 0.123 e. The molecule has 0 fully saturated rings. The van der Waals surface area contributed by atoms with Gasteiger partial charge in [0.25, 0.3) is 0 Å². The molecule has 1 aromatic rings. The van der Waals surface area contributed by atoms with Crippen LogP contribution in [0.25, 0.3) is 0 Å². The number of hydrazine groups is 1. The number of rotatable bonds is 4. The van der Waals surface area contributed by atoms with Crippen LogP contribution >= 0.6 is 0 Å². The fourth-order valence-electron chi connectivity index (χ4n) is 1.36. The summed E-state index contributed by atoms with van der Waals surface area (Å²) in [7, 11) is 3.29. The lowest BCUT2D eigenvalue weighted by molar-refractivity contribution is 0.395. The van der Waals surface area contributed by atoms with Crippen LogP contribution in [-0.2, 0) is 6.54 Å². The molecule has 0 unspecified atom stereocenters. The first-order valence-corrected chi connectivity index (χ1v) is 4.38. The van der Waals surface area contributed by atoms with E-state index in [9.17, 15) is 0 Å². The predicted molar refractivity (Wildman–Crippen MR) is 55.3 cm³/mol. The Morgan fingerprint density at radius 3 is 2.36 bits per heavy atom. The van der Waals surface area contributed by atoms with Crippen molar-refractivity contribution in [3.05, 3.63) is 23.3 Å². The van der Waals surface area contributed by atoms with Gasteiger partial charge in [-0.3, -0.25) is 11.3 Å². The van der Waals surface area contributed by atoms with Gasteiger partial charge in [0, 0.05) is 12.1 Å². The lowest BCUT2D eigenvalue weighted by atomic mass is 10.1. The van der Waals surface area contributed by atoms with Crippen LogP contribution in [0.4, 0.5) is 0 Å². The van der Waals surface area contributed by atoms with Crippen LogP contribution in [-0.4, -0.2) is 14.2 Å². The summed E-state index contributed by atoms with van der Waals surface area (Å²) in [5.74, 6) is 6.93. The van der Waals surface area contributed by atoms with Gasteiger partial charge in [-0.05, 0) is 24.6 Å². The summed E-state index contributed by atoms with van der Waals surface area (Å²) in [5.41, 5.74) is 4.62. The van der Waals surface area contributed by atoms with E-state index in [4.69, 9.17) is 15.3 Å². The topological polar surface area (TPSA) is 56.5 Å². The third kappa shape index (κ3) is 2.16. The second-order valence-corrected chi connectivity index (χ2v) is 3.01. The number of nitrogens with one attached hydrogen (secondary N) is 1. The molecule has 0 saturated carbocycles. The van der Waals surface area contributed by atoms with Crippen LogP contribution < -0.4 is 20.7 Å². The standard InChI is InChI=1S/C10H16N2O2/c1-7-4-10(14-3)8(6-12-11)5-9(7)13-2/h4-5,12H,6,11H2,1-3H3. The molecule has 0 heterocycles. The van der Waals surface area contributed by atoms with Crippen molar-refractivity contribution < 1.29 is 9.47 Å². The zero-order valence-corrected chi connectivity index (χ0v) is 8.76. The zero-order valence-electron chi connectivity index (χ0n) is 8.76. The highest BCUT2D eigenvalue weighted by Gasteiger charge is 2.07. The predicted octanol–water partition coefficient (Wildman–Crippen LogP) is 0.976. The Morgan fingerprint density at radius 1 is 1.21 bits per heavy atom. The monoisotopic (exact) mass is 196 g/mol. The third-order valence-electron chi connectivity index (χ3n) is 2.09. The summed E-state index contributed by atoms with van der Waals surface area (Å²) in [6, 6.07) is 3.86. The second kappa shape index (κ2) is 4.83. The summed E-state index contributed by atoms with van der Waals surface area (Å²) in [5, 5.41) is 0. The Bertz CT molecular complexity index is 313. The van der Waals surface area contributed by atoms with Crippen molar-refractivity contribution in [2.45, 2.75) is 13.5 Å². The van der Waals surface area contributed by atoms with Crippen LogP contribution in [0.3, 0.4) is 0 Å². The fraction of sp³-hybridized carbons (Fsp3) is 0.400. The molecule has 0 aliphatic heterocycles. The number of hydrogen-bond donors (Lipinski definition) is 2. The average molecular weight is 196 g/mol. The largest absolute Gasteiger partial charge is 0.496 e. The SMILES string of the molecule is COc1cc(CNN)c(OC)cc1C. The molecule has 0 bridgehead atoms. The average Bonchev–Trinajstić information content (AvgIpc) is 2.20. The summed E-state index contributed by atoms with van der Waals surface area (Å²) >= 11 is 0. The van der Waals surface area contributed by atoms with Gasteiger partial charge in [-0.1, -0.05) is 0 Å².